The molecule has 2 aromatic rings. The van der Waals surface area contributed by atoms with Gasteiger partial charge in [-0.3, -0.25) is 9.79 Å². The Morgan fingerprint density at radius 1 is 1.09 bits per heavy atom. The van der Waals surface area contributed by atoms with E-state index in [1.807, 2.05) is 30.0 Å². The van der Waals surface area contributed by atoms with Crippen LogP contribution in [0.25, 0.3) is 0 Å². The number of nitrogens with one attached hydrogen (secondary N) is 2. The monoisotopic (exact) mass is 550 g/mol. The highest BCUT2D eigenvalue weighted by Crippen LogP contribution is 2.48. The summed E-state index contributed by atoms with van der Waals surface area (Å²) >= 11 is 0. The number of benzene rings is 2. The van der Waals surface area contributed by atoms with E-state index in [1.165, 1.54) is 17.2 Å². The zero-order valence-corrected chi connectivity index (χ0v) is 20.9. The maximum atomic E-state index is 13.6. The van der Waals surface area contributed by atoms with Crippen molar-refractivity contribution in [3.05, 3.63) is 71.0 Å². The summed E-state index contributed by atoms with van der Waals surface area (Å²) in [5.74, 6) is 0.762. The first kappa shape index (κ1) is 24.5. The quantitative estimate of drug-likeness (QED) is 0.223. The minimum absolute atomic E-state index is 0. The standard InChI is InChI=1S/C25H31FN4O.HI/c1-2-27-24(29-18-25(12-13-25)21-9-5-10-22(26)15-21)28-14-6-11-23(31)30-16-19-7-3-4-8-20(19)17-30;/h3-5,7-10,15H,2,6,11-14,16-18H2,1H3,(H2,27,28,29);1H. The molecule has 1 saturated carbocycles. The third-order valence-corrected chi connectivity index (χ3v) is 6.23. The summed E-state index contributed by atoms with van der Waals surface area (Å²) in [7, 11) is 0. The molecule has 0 unspecified atom stereocenters. The number of amides is 1. The predicted octanol–water partition coefficient (Wildman–Crippen LogP) is 4.35. The van der Waals surface area contributed by atoms with Crippen LogP contribution in [0.1, 0.15) is 49.3 Å². The van der Waals surface area contributed by atoms with Crippen LogP contribution in [0.4, 0.5) is 4.39 Å². The lowest BCUT2D eigenvalue weighted by Gasteiger charge is -2.17. The summed E-state index contributed by atoms with van der Waals surface area (Å²) in [6.07, 6.45) is 3.34. The number of nitrogens with zero attached hydrogens (tertiary/aromatic N) is 2. The molecular formula is C25H32FIN4O. The first-order chi connectivity index (χ1) is 15.1. The second-order valence-electron chi connectivity index (χ2n) is 8.53. The van der Waals surface area contributed by atoms with Gasteiger partial charge in [-0.15, -0.1) is 24.0 Å². The van der Waals surface area contributed by atoms with E-state index in [1.54, 1.807) is 12.1 Å². The Kier molecular flexibility index (Phi) is 8.51. The van der Waals surface area contributed by atoms with E-state index >= 15 is 0 Å². The lowest BCUT2D eigenvalue weighted by Crippen LogP contribution is -2.38. The average molecular weight is 550 g/mol. The van der Waals surface area contributed by atoms with Crippen molar-refractivity contribution in [3.8, 4) is 0 Å². The maximum absolute atomic E-state index is 13.6. The number of guanidine groups is 1. The first-order valence-electron chi connectivity index (χ1n) is 11.2. The molecule has 7 heteroatoms. The van der Waals surface area contributed by atoms with Gasteiger partial charge in [-0.1, -0.05) is 36.4 Å². The summed E-state index contributed by atoms with van der Waals surface area (Å²) in [5, 5.41) is 6.61. The zero-order chi connectivity index (χ0) is 21.7. The fourth-order valence-corrected chi connectivity index (χ4v) is 4.19. The van der Waals surface area contributed by atoms with E-state index in [4.69, 9.17) is 4.99 Å². The highest BCUT2D eigenvalue weighted by atomic mass is 127. The number of carbonyl (C=O) groups is 1. The molecule has 2 aromatic carbocycles. The predicted molar refractivity (Wildman–Crippen MR) is 137 cm³/mol. The Balaban J connectivity index is 0.00000289. The average Bonchev–Trinajstić information content (AvgIpc) is 3.44. The summed E-state index contributed by atoms with van der Waals surface area (Å²) in [5.41, 5.74) is 3.50. The number of hydrogen-bond acceptors (Lipinski definition) is 2. The van der Waals surface area contributed by atoms with Crippen LogP contribution in [0.15, 0.2) is 53.5 Å². The van der Waals surface area contributed by atoms with Gasteiger partial charge in [0.1, 0.15) is 5.82 Å². The SMILES string of the molecule is CCNC(=NCC1(c2cccc(F)c2)CC1)NCCCC(=O)N1Cc2ccccc2C1.I. The fourth-order valence-electron chi connectivity index (χ4n) is 4.19. The van der Waals surface area contributed by atoms with Crippen molar-refractivity contribution in [2.45, 2.75) is 51.1 Å². The third kappa shape index (κ3) is 5.99. The number of aliphatic imine (C=N–C) groups is 1. The van der Waals surface area contributed by atoms with Gasteiger partial charge in [0.25, 0.3) is 0 Å². The van der Waals surface area contributed by atoms with Crippen molar-refractivity contribution >= 4 is 35.8 Å². The van der Waals surface area contributed by atoms with E-state index in [0.29, 0.717) is 32.6 Å². The van der Waals surface area contributed by atoms with Crippen molar-refractivity contribution in [2.24, 2.45) is 4.99 Å². The van der Waals surface area contributed by atoms with E-state index in [2.05, 4.69) is 22.8 Å². The molecule has 172 valence electrons. The molecule has 0 aromatic heterocycles. The molecule has 2 N–H and O–H groups in total. The summed E-state index contributed by atoms with van der Waals surface area (Å²) in [4.78, 5) is 19.2. The van der Waals surface area contributed by atoms with Crippen LogP contribution in [0.5, 0.6) is 0 Å². The molecule has 0 radical (unpaired) electrons. The molecule has 32 heavy (non-hydrogen) atoms. The molecule has 0 bridgehead atoms. The van der Waals surface area contributed by atoms with E-state index in [-0.39, 0.29) is 41.1 Å². The minimum Gasteiger partial charge on any atom is -0.357 e. The van der Waals surface area contributed by atoms with Crippen LogP contribution in [0.2, 0.25) is 0 Å². The molecule has 1 aliphatic heterocycles. The van der Waals surface area contributed by atoms with Gasteiger partial charge in [-0.2, -0.15) is 0 Å². The zero-order valence-electron chi connectivity index (χ0n) is 18.6. The summed E-state index contributed by atoms with van der Waals surface area (Å²) < 4.78 is 13.6. The van der Waals surface area contributed by atoms with Gasteiger partial charge in [0, 0.05) is 38.0 Å². The third-order valence-electron chi connectivity index (χ3n) is 6.23. The summed E-state index contributed by atoms with van der Waals surface area (Å²) in [6.45, 7) is 5.56. The Bertz CT molecular complexity index is 935. The van der Waals surface area contributed by atoms with Gasteiger partial charge in [0.05, 0.1) is 6.54 Å². The number of rotatable bonds is 8. The molecule has 0 spiro atoms. The highest BCUT2D eigenvalue weighted by Gasteiger charge is 2.44. The Hall–Kier alpha value is -2.16. The molecule has 0 atom stereocenters. The molecule has 5 nitrogen and oxygen atoms in total. The molecule has 1 fully saturated rings. The lowest BCUT2D eigenvalue weighted by molar-refractivity contribution is -0.131. The van der Waals surface area contributed by atoms with Gasteiger partial charge in [-0.25, -0.2) is 4.39 Å². The smallest absolute Gasteiger partial charge is 0.223 e. The van der Waals surface area contributed by atoms with Crippen LogP contribution in [-0.2, 0) is 23.3 Å². The molecule has 4 rings (SSSR count). The van der Waals surface area contributed by atoms with Crippen LogP contribution in [-0.4, -0.2) is 36.4 Å². The largest absolute Gasteiger partial charge is 0.357 e. The fraction of sp³-hybridized carbons (Fsp3) is 0.440. The van der Waals surface area contributed by atoms with Crippen molar-refractivity contribution < 1.29 is 9.18 Å². The van der Waals surface area contributed by atoms with Crippen molar-refractivity contribution in [3.63, 3.8) is 0 Å². The molecule has 1 amide bonds. The van der Waals surface area contributed by atoms with Gasteiger partial charge in [0.15, 0.2) is 5.96 Å². The highest BCUT2D eigenvalue weighted by molar-refractivity contribution is 14.0. The number of fused-ring (bicyclic) bond motifs is 1. The molecule has 1 aliphatic carbocycles. The molecule has 1 heterocycles. The normalized spacial score (nSPS) is 16.2. The number of hydrogen-bond donors (Lipinski definition) is 2. The van der Waals surface area contributed by atoms with E-state index in [9.17, 15) is 9.18 Å². The second kappa shape index (κ2) is 11.1. The van der Waals surface area contributed by atoms with Crippen LogP contribution in [0, 0.1) is 5.82 Å². The topological polar surface area (TPSA) is 56.7 Å². The van der Waals surface area contributed by atoms with Crippen LogP contribution < -0.4 is 10.6 Å². The summed E-state index contributed by atoms with van der Waals surface area (Å²) in [6, 6.07) is 15.1. The molecular weight excluding hydrogens is 518 g/mol. The van der Waals surface area contributed by atoms with Crippen molar-refractivity contribution in [2.75, 3.05) is 19.6 Å². The number of carbonyl (C=O) groups excluding carboxylic acids is 1. The minimum atomic E-state index is -0.191. The van der Waals surface area contributed by atoms with Gasteiger partial charge in [-0.05, 0) is 55.0 Å². The van der Waals surface area contributed by atoms with Gasteiger partial charge >= 0.3 is 0 Å². The first-order valence-corrected chi connectivity index (χ1v) is 11.2. The Morgan fingerprint density at radius 3 is 2.44 bits per heavy atom. The van der Waals surface area contributed by atoms with E-state index in [0.717, 1.165) is 37.3 Å². The molecule has 2 aliphatic rings. The Labute approximate surface area is 206 Å². The van der Waals surface area contributed by atoms with Gasteiger partial charge < -0.3 is 15.5 Å². The second-order valence-corrected chi connectivity index (χ2v) is 8.53. The van der Waals surface area contributed by atoms with E-state index < -0.39 is 0 Å². The molecule has 0 saturated heterocycles. The van der Waals surface area contributed by atoms with Crippen LogP contribution in [0.3, 0.4) is 0 Å². The van der Waals surface area contributed by atoms with Gasteiger partial charge in [0.2, 0.25) is 5.91 Å². The maximum Gasteiger partial charge on any atom is 0.223 e. The van der Waals surface area contributed by atoms with Crippen molar-refractivity contribution in [1.82, 2.24) is 15.5 Å². The Morgan fingerprint density at radius 2 is 1.81 bits per heavy atom. The van der Waals surface area contributed by atoms with Crippen LogP contribution >= 0.6 is 24.0 Å². The van der Waals surface area contributed by atoms with Crippen molar-refractivity contribution in [1.29, 1.82) is 0 Å². The lowest BCUT2D eigenvalue weighted by atomic mass is 9.96. The number of halogens is 2.